The second kappa shape index (κ2) is 7.73. The summed E-state index contributed by atoms with van der Waals surface area (Å²) in [4.78, 5) is 33.2. The maximum atomic E-state index is 11.8. The summed E-state index contributed by atoms with van der Waals surface area (Å²) in [5.41, 5.74) is 0.109. The van der Waals surface area contributed by atoms with Gasteiger partial charge in [0, 0.05) is 12.2 Å². The molecule has 6 heteroatoms. The monoisotopic (exact) mass is 278 g/mol. The lowest BCUT2D eigenvalue weighted by atomic mass is 10.2. The number of carbonyl (C=O) groups is 3. The highest BCUT2D eigenvalue weighted by atomic mass is 16.6. The molecular formula is C14H14O6. The van der Waals surface area contributed by atoms with Crippen LogP contribution in [0, 0.1) is 0 Å². The van der Waals surface area contributed by atoms with Gasteiger partial charge in [-0.1, -0.05) is 19.1 Å². The number of esters is 2. The Balaban J connectivity index is 2.77. The highest BCUT2D eigenvalue weighted by Gasteiger charge is 2.16. The fourth-order valence-corrected chi connectivity index (χ4v) is 1.29. The molecule has 0 radical (unpaired) electrons. The second-order valence-electron chi connectivity index (χ2n) is 3.72. The summed E-state index contributed by atoms with van der Waals surface area (Å²) in [5.74, 6) is -2.94. The smallest absolute Gasteiger partial charge is 0.349 e. The molecule has 1 N–H and O–H groups in total. The Bertz CT molecular complexity index is 532. The molecule has 1 aromatic carbocycles. The van der Waals surface area contributed by atoms with Crippen LogP contribution in [0.1, 0.15) is 23.7 Å². The molecule has 0 unspecified atom stereocenters. The zero-order valence-electron chi connectivity index (χ0n) is 10.9. The second-order valence-corrected chi connectivity index (χ2v) is 3.72. The average Bonchev–Trinajstić information content (AvgIpc) is 2.43. The van der Waals surface area contributed by atoms with Crippen LogP contribution in [0.5, 0.6) is 5.75 Å². The number of para-hydroxylation sites is 1. The Morgan fingerprint density at radius 1 is 1.20 bits per heavy atom. The first-order valence-electron chi connectivity index (χ1n) is 5.93. The van der Waals surface area contributed by atoms with Gasteiger partial charge in [0.15, 0.2) is 0 Å². The molecule has 6 nitrogen and oxygen atoms in total. The van der Waals surface area contributed by atoms with Crippen molar-refractivity contribution in [3.05, 3.63) is 42.0 Å². The largest absolute Gasteiger partial charge is 0.493 e. The van der Waals surface area contributed by atoms with Crippen LogP contribution in [-0.4, -0.2) is 29.6 Å². The molecule has 0 bridgehead atoms. The number of rotatable bonds is 6. The van der Waals surface area contributed by atoms with Gasteiger partial charge in [-0.25, -0.2) is 14.4 Å². The van der Waals surface area contributed by atoms with Crippen molar-refractivity contribution in [3.63, 3.8) is 0 Å². The maximum Gasteiger partial charge on any atom is 0.349 e. The third-order valence-electron chi connectivity index (χ3n) is 2.12. The van der Waals surface area contributed by atoms with E-state index in [1.807, 2.05) is 6.92 Å². The summed E-state index contributed by atoms with van der Waals surface area (Å²) in [6, 6.07) is 6.34. The van der Waals surface area contributed by atoms with Gasteiger partial charge in [0.2, 0.25) is 0 Å². The Labute approximate surface area is 115 Å². The molecule has 0 aliphatic carbocycles. The molecular weight excluding hydrogens is 264 g/mol. The lowest BCUT2D eigenvalue weighted by Crippen LogP contribution is -2.12. The topological polar surface area (TPSA) is 89.9 Å². The molecule has 0 aliphatic rings. The minimum absolute atomic E-state index is 0.109. The zero-order chi connectivity index (χ0) is 15.0. The number of aliphatic carboxylic acids is 1. The number of benzene rings is 1. The Morgan fingerprint density at radius 3 is 2.55 bits per heavy atom. The standard InChI is InChI=1S/C14H14O6/c1-2-9-19-11-6-4-3-5-10(11)14(18)20-13(17)8-7-12(15)16/h3-8H,2,9H2,1H3,(H,15,16)/b8-7+. The summed E-state index contributed by atoms with van der Waals surface area (Å²) < 4.78 is 9.86. The lowest BCUT2D eigenvalue weighted by Gasteiger charge is -2.08. The minimum atomic E-state index is -1.30. The molecule has 20 heavy (non-hydrogen) atoms. The van der Waals surface area contributed by atoms with Gasteiger partial charge < -0.3 is 14.6 Å². The average molecular weight is 278 g/mol. The highest BCUT2D eigenvalue weighted by Crippen LogP contribution is 2.19. The van der Waals surface area contributed by atoms with Crippen LogP contribution >= 0.6 is 0 Å². The van der Waals surface area contributed by atoms with Gasteiger partial charge in [-0.05, 0) is 18.6 Å². The summed E-state index contributed by atoms with van der Waals surface area (Å²) in [6.45, 7) is 2.35. The summed E-state index contributed by atoms with van der Waals surface area (Å²) >= 11 is 0. The van der Waals surface area contributed by atoms with E-state index in [2.05, 4.69) is 4.74 Å². The van der Waals surface area contributed by atoms with E-state index >= 15 is 0 Å². The van der Waals surface area contributed by atoms with E-state index in [4.69, 9.17) is 9.84 Å². The number of hydrogen-bond donors (Lipinski definition) is 1. The van der Waals surface area contributed by atoms with E-state index in [1.165, 1.54) is 6.07 Å². The first-order chi connectivity index (χ1) is 9.54. The third kappa shape index (κ3) is 4.93. The van der Waals surface area contributed by atoms with Gasteiger partial charge in [-0.15, -0.1) is 0 Å². The maximum absolute atomic E-state index is 11.8. The van der Waals surface area contributed by atoms with E-state index in [0.717, 1.165) is 6.42 Å². The summed E-state index contributed by atoms with van der Waals surface area (Å²) in [7, 11) is 0. The predicted molar refractivity (Wildman–Crippen MR) is 69.4 cm³/mol. The van der Waals surface area contributed by atoms with Crippen molar-refractivity contribution in [1.82, 2.24) is 0 Å². The number of ether oxygens (including phenoxy) is 2. The van der Waals surface area contributed by atoms with Crippen molar-refractivity contribution in [3.8, 4) is 5.75 Å². The van der Waals surface area contributed by atoms with Crippen LogP contribution in [0.4, 0.5) is 0 Å². The Kier molecular flexibility index (Phi) is 5.96. The van der Waals surface area contributed by atoms with E-state index < -0.39 is 17.9 Å². The molecule has 0 aromatic heterocycles. The number of carboxylic acid groups (broad SMARTS) is 1. The van der Waals surface area contributed by atoms with Crippen LogP contribution < -0.4 is 4.74 Å². The van der Waals surface area contributed by atoms with E-state index in [1.54, 1.807) is 18.2 Å². The summed E-state index contributed by atoms with van der Waals surface area (Å²) in [6.07, 6.45) is 2.02. The van der Waals surface area contributed by atoms with Crippen molar-refractivity contribution < 1.29 is 29.0 Å². The molecule has 0 saturated heterocycles. The quantitative estimate of drug-likeness (QED) is 0.485. The van der Waals surface area contributed by atoms with Crippen molar-refractivity contribution in [2.45, 2.75) is 13.3 Å². The normalized spacial score (nSPS) is 10.2. The third-order valence-corrected chi connectivity index (χ3v) is 2.12. The number of carboxylic acids is 1. The molecule has 1 aromatic rings. The molecule has 0 spiro atoms. The molecule has 0 heterocycles. The molecule has 0 amide bonds. The number of hydrogen-bond acceptors (Lipinski definition) is 5. The molecule has 0 fully saturated rings. The van der Waals surface area contributed by atoms with Gasteiger partial charge in [-0.3, -0.25) is 0 Å². The lowest BCUT2D eigenvalue weighted by molar-refractivity contribution is -0.134. The SMILES string of the molecule is CCCOc1ccccc1C(=O)OC(=O)/C=C/C(=O)O. The van der Waals surface area contributed by atoms with Gasteiger partial charge >= 0.3 is 17.9 Å². The van der Waals surface area contributed by atoms with E-state index in [0.29, 0.717) is 24.5 Å². The van der Waals surface area contributed by atoms with Crippen LogP contribution in [-0.2, 0) is 14.3 Å². The van der Waals surface area contributed by atoms with Crippen LogP contribution in [0.15, 0.2) is 36.4 Å². The zero-order valence-corrected chi connectivity index (χ0v) is 10.9. The first-order valence-corrected chi connectivity index (χ1v) is 5.93. The van der Waals surface area contributed by atoms with Crippen molar-refractivity contribution in [2.24, 2.45) is 0 Å². The van der Waals surface area contributed by atoms with Gasteiger partial charge in [0.25, 0.3) is 0 Å². The highest BCUT2D eigenvalue weighted by molar-refractivity contribution is 6.02. The molecule has 1 rings (SSSR count). The van der Waals surface area contributed by atoms with Crippen molar-refractivity contribution >= 4 is 17.9 Å². The molecule has 0 atom stereocenters. The Hall–Kier alpha value is -2.63. The predicted octanol–water partition coefficient (Wildman–Crippen LogP) is 1.80. The van der Waals surface area contributed by atoms with Crippen LogP contribution in [0.3, 0.4) is 0 Å². The van der Waals surface area contributed by atoms with Crippen molar-refractivity contribution in [1.29, 1.82) is 0 Å². The minimum Gasteiger partial charge on any atom is -0.493 e. The van der Waals surface area contributed by atoms with Crippen LogP contribution in [0.2, 0.25) is 0 Å². The summed E-state index contributed by atoms with van der Waals surface area (Å²) in [5, 5.41) is 8.36. The molecule has 106 valence electrons. The first kappa shape index (κ1) is 15.4. The fraction of sp³-hybridized carbons (Fsp3) is 0.214. The Morgan fingerprint density at radius 2 is 1.90 bits per heavy atom. The fourth-order valence-electron chi connectivity index (χ4n) is 1.29. The molecule has 0 aliphatic heterocycles. The van der Waals surface area contributed by atoms with Gasteiger partial charge in [0.1, 0.15) is 11.3 Å². The van der Waals surface area contributed by atoms with Crippen LogP contribution in [0.25, 0.3) is 0 Å². The van der Waals surface area contributed by atoms with Gasteiger partial charge in [0.05, 0.1) is 6.61 Å². The van der Waals surface area contributed by atoms with E-state index in [9.17, 15) is 14.4 Å². The van der Waals surface area contributed by atoms with Crippen molar-refractivity contribution in [2.75, 3.05) is 6.61 Å². The van der Waals surface area contributed by atoms with Gasteiger partial charge in [-0.2, -0.15) is 0 Å². The number of carbonyl (C=O) groups excluding carboxylic acids is 2. The van der Waals surface area contributed by atoms with E-state index in [-0.39, 0.29) is 5.56 Å². The molecule has 0 saturated carbocycles.